The summed E-state index contributed by atoms with van der Waals surface area (Å²) in [5, 5.41) is 13.7. The monoisotopic (exact) mass is 392 g/mol. The maximum Gasteiger partial charge on any atom is 0.255 e. The van der Waals surface area contributed by atoms with E-state index < -0.39 is 0 Å². The van der Waals surface area contributed by atoms with Crippen LogP contribution in [0.25, 0.3) is 22.6 Å². The largest absolute Gasteiger partial charge is 0.507 e. The van der Waals surface area contributed by atoms with Crippen molar-refractivity contribution >= 4 is 34.3 Å². The fraction of sp³-hybridized carbons (Fsp3) is 0.0909. The van der Waals surface area contributed by atoms with E-state index in [2.05, 4.69) is 10.3 Å². The van der Waals surface area contributed by atoms with Crippen molar-refractivity contribution in [2.75, 3.05) is 5.32 Å². The van der Waals surface area contributed by atoms with Gasteiger partial charge in [0.15, 0.2) is 5.58 Å². The number of phenolic OH excluding ortho intramolecular Hbond substituents is 1. The summed E-state index contributed by atoms with van der Waals surface area (Å²) in [6.45, 7) is 3.94. The number of carbonyl (C=O) groups excluding carboxylic acids is 1. The zero-order valence-electron chi connectivity index (χ0n) is 15.3. The summed E-state index contributed by atoms with van der Waals surface area (Å²) in [6, 6.07) is 15.3. The molecule has 28 heavy (non-hydrogen) atoms. The minimum atomic E-state index is -0.280. The van der Waals surface area contributed by atoms with Crippen LogP contribution in [0.5, 0.6) is 5.75 Å². The molecule has 0 unspecified atom stereocenters. The summed E-state index contributed by atoms with van der Waals surface area (Å²) in [5.41, 5.74) is 4.86. The van der Waals surface area contributed by atoms with Crippen LogP contribution < -0.4 is 5.32 Å². The van der Waals surface area contributed by atoms with Crippen LogP contribution in [0.1, 0.15) is 21.5 Å². The average molecular weight is 393 g/mol. The topological polar surface area (TPSA) is 75.4 Å². The molecule has 140 valence electrons. The normalized spacial score (nSPS) is 11.0. The summed E-state index contributed by atoms with van der Waals surface area (Å²) in [6.07, 6.45) is 0. The highest BCUT2D eigenvalue weighted by molar-refractivity contribution is 6.30. The van der Waals surface area contributed by atoms with Crippen molar-refractivity contribution in [2.45, 2.75) is 13.8 Å². The lowest BCUT2D eigenvalue weighted by Crippen LogP contribution is -2.11. The van der Waals surface area contributed by atoms with E-state index in [4.69, 9.17) is 16.0 Å². The summed E-state index contributed by atoms with van der Waals surface area (Å²) in [4.78, 5) is 16.9. The number of carbonyl (C=O) groups is 1. The third-order valence-corrected chi connectivity index (χ3v) is 4.66. The number of hydrogen-bond donors (Lipinski definition) is 2. The highest BCUT2D eigenvalue weighted by atomic mass is 35.5. The zero-order chi connectivity index (χ0) is 19.8. The van der Waals surface area contributed by atoms with Crippen LogP contribution in [-0.2, 0) is 0 Å². The van der Waals surface area contributed by atoms with E-state index in [1.165, 1.54) is 6.07 Å². The predicted octanol–water partition coefficient (Wildman–Crippen LogP) is 5.72. The maximum atomic E-state index is 12.4. The molecule has 6 heteroatoms. The van der Waals surface area contributed by atoms with Crippen molar-refractivity contribution in [3.63, 3.8) is 0 Å². The van der Waals surface area contributed by atoms with Crippen molar-refractivity contribution in [1.82, 2.24) is 4.98 Å². The molecule has 4 aromatic rings. The molecule has 0 saturated carbocycles. The van der Waals surface area contributed by atoms with Crippen molar-refractivity contribution in [2.24, 2.45) is 0 Å². The highest BCUT2D eigenvalue weighted by Gasteiger charge is 2.16. The molecular weight excluding hydrogens is 376 g/mol. The number of halogens is 1. The van der Waals surface area contributed by atoms with Crippen LogP contribution in [0.15, 0.2) is 59.0 Å². The molecule has 2 N–H and O–H groups in total. The number of aromatic hydroxyl groups is 1. The van der Waals surface area contributed by atoms with E-state index in [0.29, 0.717) is 33.3 Å². The van der Waals surface area contributed by atoms with Gasteiger partial charge in [0.2, 0.25) is 5.89 Å². The zero-order valence-corrected chi connectivity index (χ0v) is 16.0. The number of nitrogens with one attached hydrogen (secondary N) is 1. The molecule has 0 aliphatic carbocycles. The van der Waals surface area contributed by atoms with E-state index >= 15 is 0 Å². The number of oxazole rings is 1. The number of aryl methyl sites for hydroxylation is 2. The molecule has 3 aromatic carbocycles. The molecule has 1 amide bonds. The van der Waals surface area contributed by atoms with Gasteiger partial charge < -0.3 is 14.8 Å². The molecule has 0 bridgehead atoms. The van der Waals surface area contributed by atoms with E-state index in [-0.39, 0.29) is 11.7 Å². The molecule has 0 spiro atoms. The van der Waals surface area contributed by atoms with Crippen molar-refractivity contribution in [3.05, 3.63) is 76.3 Å². The minimum Gasteiger partial charge on any atom is -0.507 e. The van der Waals surface area contributed by atoms with Gasteiger partial charge in [-0.25, -0.2) is 4.98 Å². The van der Waals surface area contributed by atoms with Gasteiger partial charge >= 0.3 is 0 Å². The first kappa shape index (κ1) is 18.1. The molecule has 0 atom stereocenters. The molecule has 0 radical (unpaired) electrons. The Kier molecular flexibility index (Phi) is 4.53. The summed E-state index contributed by atoms with van der Waals surface area (Å²) in [5.74, 6) is 0.0338. The Balaban J connectivity index is 1.68. The predicted molar refractivity (Wildman–Crippen MR) is 110 cm³/mol. The fourth-order valence-corrected chi connectivity index (χ4v) is 3.21. The van der Waals surface area contributed by atoms with Crippen LogP contribution in [0.4, 0.5) is 5.69 Å². The average Bonchev–Trinajstić information content (AvgIpc) is 3.08. The number of amides is 1. The number of anilines is 1. The van der Waals surface area contributed by atoms with Gasteiger partial charge in [0.1, 0.15) is 11.3 Å². The lowest BCUT2D eigenvalue weighted by Gasteiger charge is -2.08. The lowest BCUT2D eigenvalue weighted by atomic mass is 10.1. The van der Waals surface area contributed by atoms with Gasteiger partial charge in [-0.1, -0.05) is 17.7 Å². The first-order valence-corrected chi connectivity index (χ1v) is 9.06. The van der Waals surface area contributed by atoms with Gasteiger partial charge in [0, 0.05) is 16.3 Å². The summed E-state index contributed by atoms with van der Waals surface area (Å²) >= 11 is 5.86. The minimum absolute atomic E-state index is 0.0189. The Bertz CT molecular complexity index is 1200. The Morgan fingerprint density at radius 1 is 1.07 bits per heavy atom. The van der Waals surface area contributed by atoms with E-state index in [0.717, 1.165) is 16.6 Å². The fourth-order valence-electron chi connectivity index (χ4n) is 3.08. The molecule has 5 nitrogen and oxygen atoms in total. The van der Waals surface area contributed by atoms with Gasteiger partial charge in [0.25, 0.3) is 5.91 Å². The van der Waals surface area contributed by atoms with Crippen LogP contribution in [0.3, 0.4) is 0 Å². The maximum absolute atomic E-state index is 12.4. The molecule has 0 fully saturated rings. The van der Waals surface area contributed by atoms with Gasteiger partial charge in [-0.3, -0.25) is 4.79 Å². The number of hydrogen-bond acceptors (Lipinski definition) is 4. The third-order valence-electron chi connectivity index (χ3n) is 4.41. The number of fused-ring (bicyclic) bond motifs is 1. The van der Waals surface area contributed by atoms with Gasteiger partial charge in [-0.2, -0.15) is 0 Å². The summed E-state index contributed by atoms with van der Waals surface area (Å²) < 4.78 is 5.88. The van der Waals surface area contributed by atoms with Gasteiger partial charge in [0.05, 0.1) is 5.56 Å². The second-order valence-corrected chi connectivity index (χ2v) is 7.08. The standard InChI is InChI=1S/C22H17ClN2O3/c1-12-9-13(2)20-18(10-12)25-22(28-20)17-11-16(7-8-19(17)26)24-21(27)14-3-5-15(23)6-4-14/h3-11,26H,1-2H3,(H,24,27). The number of phenols is 1. The Morgan fingerprint density at radius 3 is 2.57 bits per heavy atom. The molecule has 0 aliphatic rings. The number of aromatic nitrogens is 1. The van der Waals surface area contributed by atoms with E-state index in [1.807, 2.05) is 26.0 Å². The van der Waals surface area contributed by atoms with Crippen molar-refractivity contribution in [3.8, 4) is 17.2 Å². The second kappa shape index (κ2) is 7.02. The Labute approximate surface area is 166 Å². The molecular formula is C22H17ClN2O3. The smallest absolute Gasteiger partial charge is 0.255 e. The third kappa shape index (κ3) is 3.44. The van der Waals surface area contributed by atoms with Crippen LogP contribution in [0, 0.1) is 13.8 Å². The summed E-state index contributed by atoms with van der Waals surface area (Å²) in [7, 11) is 0. The van der Waals surface area contributed by atoms with E-state index in [1.54, 1.807) is 36.4 Å². The Hall–Kier alpha value is -3.31. The number of benzene rings is 3. The molecule has 1 heterocycles. The molecule has 0 saturated heterocycles. The van der Waals surface area contributed by atoms with Crippen LogP contribution >= 0.6 is 11.6 Å². The lowest BCUT2D eigenvalue weighted by molar-refractivity contribution is 0.102. The van der Waals surface area contributed by atoms with Crippen LogP contribution in [0.2, 0.25) is 5.02 Å². The van der Waals surface area contributed by atoms with E-state index in [9.17, 15) is 9.90 Å². The number of nitrogens with zero attached hydrogens (tertiary/aromatic N) is 1. The van der Waals surface area contributed by atoms with Crippen molar-refractivity contribution in [1.29, 1.82) is 0 Å². The quantitative estimate of drug-likeness (QED) is 0.437. The molecule has 4 rings (SSSR count). The van der Waals surface area contributed by atoms with Crippen LogP contribution in [-0.4, -0.2) is 16.0 Å². The highest BCUT2D eigenvalue weighted by Crippen LogP contribution is 2.34. The molecule has 0 aliphatic heterocycles. The van der Waals surface area contributed by atoms with Gasteiger partial charge in [-0.05, 0) is 73.5 Å². The first-order chi connectivity index (χ1) is 13.4. The Morgan fingerprint density at radius 2 is 1.82 bits per heavy atom. The molecule has 1 aromatic heterocycles. The SMILES string of the molecule is Cc1cc(C)c2oc(-c3cc(NC(=O)c4ccc(Cl)cc4)ccc3O)nc2c1. The van der Waals surface area contributed by atoms with Gasteiger partial charge in [-0.15, -0.1) is 0 Å². The van der Waals surface area contributed by atoms with Crippen molar-refractivity contribution < 1.29 is 14.3 Å². The first-order valence-electron chi connectivity index (χ1n) is 8.69. The second-order valence-electron chi connectivity index (χ2n) is 6.64. The number of rotatable bonds is 3.